The number of amides is 1. The van der Waals surface area contributed by atoms with Crippen molar-refractivity contribution in [1.29, 1.82) is 0 Å². The lowest BCUT2D eigenvalue weighted by atomic mass is 10.1. The molecule has 0 unspecified atom stereocenters. The molecule has 0 fully saturated rings. The fourth-order valence-electron chi connectivity index (χ4n) is 1.85. The molecule has 0 spiro atoms. The van der Waals surface area contributed by atoms with Gasteiger partial charge in [-0.2, -0.15) is 0 Å². The van der Waals surface area contributed by atoms with Crippen molar-refractivity contribution in [3.05, 3.63) is 23.8 Å². The number of rotatable bonds is 8. The molecule has 0 atom stereocenters. The predicted molar refractivity (Wildman–Crippen MR) is 79.0 cm³/mol. The number of nitrogens with two attached hydrogens (primary N) is 1. The van der Waals surface area contributed by atoms with E-state index < -0.39 is 0 Å². The number of methoxy groups -OCH3 is 2. The second-order valence-corrected chi connectivity index (χ2v) is 4.40. The van der Waals surface area contributed by atoms with Gasteiger partial charge in [-0.3, -0.25) is 4.79 Å². The number of likely N-dealkylation sites (N-methyl/N-ethyl adjacent to an activating group) is 1. The van der Waals surface area contributed by atoms with Crippen LogP contribution in [0.3, 0.4) is 0 Å². The molecule has 0 bridgehead atoms. The summed E-state index contributed by atoms with van der Waals surface area (Å²) in [7, 11) is 5.06. The molecule has 6 heteroatoms. The minimum absolute atomic E-state index is 0.0599. The fourth-order valence-corrected chi connectivity index (χ4v) is 1.85. The standard InChI is InChI=1S/C14H23N3O3/c1-17(10-14(18)16-6-7-19-2)13-8-12(20-3)5-4-11(13)9-15/h4-5,8H,6-7,9-10,15H2,1-3H3,(H,16,18). The third-order valence-electron chi connectivity index (χ3n) is 2.93. The highest BCUT2D eigenvalue weighted by Gasteiger charge is 2.11. The van der Waals surface area contributed by atoms with Crippen LogP contribution < -0.4 is 20.7 Å². The van der Waals surface area contributed by atoms with Crippen LogP contribution in [0.1, 0.15) is 5.56 Å². The summed E-state index contributed by atoms with van der Waals surface area (Å²) in [6.45, 7) is 1.67. The molecule has 0 radical (unpaired) electrons. The molecule has 0 heterocycles. The van der Waals surface area contributed by atoms with Crippen molar-refractivity contribution in [1.82, 2.24) is 5.32 Å². The van der Waals surface area contributed by atoms with Gasteiger partial charge in [-0.05, 0) is 11.6 Å². The number of nitrogens with one attached hydrogen (secondary N) is 1. The molecular formula is C14H23N3O3. The minimum Gasteiger partial charge on any atom is -0.497 e. The van der Waals surface area contributed by atoms with Gasteiger partial charge in [0.2, 0.25) is 5.91 Å². The Bertz CT molecular complexity index is 438. The molecule has 6 nitrogen and oxygen atoms in total. The summed E-state index contributed by atoms with van der Waals surface area (Å²) in [5, 5.41) is 2.78. The van der Waals surface area contributed by atoms with E-state index in [4.69, 9.17) is 15.2 Å². The molecule has 112 valence electrons. The Labute approximate surface area is 119 Å². The first kappa shape index (κ1) is 16.3. The van der Waals surface area contributed by atoms with Crippen molar-refractivity contribution < 1.29 is 14.3 Å². The van der Waals surface area contributed by atoms with Gasteiger partial charge in [-0.25, -0.2) is 0 Å². The van der Waals surface area contributed by atoms with E-state index in [0.29, 0.717) is 19.7 Å². The van der Waals surface area contributed by atoms with Crippen LogP contribution in [0.2, 0.25) is 0 Å². The Morgan fingerprint density at radius 3 is 2.75 bits per heavy atom. The first-order valence-electron chi connectivity index (χ1n) is 6.46. The van der Waals surface area contributed by atoms with Crippen LogP contribution in [0.5, 0.6) is 5.75 Å². The smallest absolute Gasteiger partial charge is 0.239 e. The molecule has 1 aromatic rings. The lowest BCUT2D eigenvalue weighted by Crippen LogP contribution is -2.37. The second-order valence-electron chi connectivity index (χ2n) is 4.40. The zero-order valence-corrected chi connectivity index (χ0v) is 12.3. The Balaban J connectivity index is 2.70. The maximum absolute atomic E-state index is 11.8. The summed E-state index contributed by atoms with van der Waals surface area (Å²) in [6.07, 6.45) is 0. The van der Waals surface area contributed by atoms with Gasteiger partial charge in [-0.15, -0.1) is 0 Å². The molecule has 0 aliphatic rings. The number of nitrogens with zero attached hydrogens (tertiary/aromatic N) is 1. The monoisotopic (exact) mass is 281 g/mol. The molecular weight excluding hydrogens is 258 g/mol. The van der Waals surface area contributed by atoms with Gasteiger partial charge in [0.15, 0.2) is 0 Å². The number of hydrogen-bond acceptors (Lipinski definition) is 5. The first-order chi connectivity index (χ1) is 9.62. The highest BCUT2D eigenvalue weighted by atomic mass is 16.5. The first-order valence-corrected chi connectivity index (χ1v) is 6.46. The van der Waals surface area contributed by atoms with E-state index in [1.54, 1.807) is 14.2 Å². The predicted octanol–water partition coefficient (Wildman–Crippen LogP) is 0.353. The molecule has 20 heavy (non-hydrogen) atoms. The van der Waals surface area contributed by atoms with E-state index in [0.717, 1.165) is 17.0 Å². The number of hydrogen-bond donors (Lipinski definition) is 2. The van der Waals surface area contributed by atoms with E-state index in [2.05, 4.69) is 5.32 Å². The zero-order valence-electron chi connectivity index (χ0n) is 12.3. The van der Waals surface area contributed by atoms with E-state index in [1.165, 1.54) is 0 Å². The average Bonchev–Trinajstić information content (AvgIpc) is 2.46. The van der Waals surface area contributed by atoms with Crippen molar-refractivity contribution >= 4 is 11.6 Å². The average molecular weight is 281 g/mol. The molecule has 0 aromatic heterocycles. The van der Waals surface area contributed by atoms with E-state index in [9.17, 15) is 4.79 Å². The van der Waals surface area contributed by atoms with Crippen molar-refractivity contribution in [3.8, 4) is 5.75 Å². The fraction of sp³-hybridized carbons (Fsp3) is 0.500. The van der Waals surface area contributed by atoms with Crippen LogP contribution in [0.4, 0.5) is 5.69 Å². The molecule has 0 saturated carbocycles. The summed E-state index contributed by atoms with van der Waals surface area (Å²) in [5.41, 5.74) is 7.59. The normalized spacial score (nSPS) is 10.2. The maximum Gasteiger partial charge on any atom is 0.239 e. The summed E-state index contributed by atoms with van der Waals surface area (Å²) < 4.78 is 10.1. The summed E-state index contributed by atoms with van der Waals surface area (Å²) in [5.74, 6) is 0.680. The number of anilines is 1. The van der Waals surface area contributed by atoms with Crippen molar-refractivity contribution in [2.24, 2.45) is 5.73 Å². The highest BCUT2D eigenvalue weighted by molar-refractivity contribution is 5.81. The Kier molecular flexibility index (Phi) is 6.83. The van der Waals surface area contributed by atoms with Crippen LogP contribution >= 0.6 is 0 Å². The molecule has 0 saturated heterocycles. The third-order valence-corrected chi connectivity index (χ3v) is 2.93. The second kappa shape index (κ2) is 8.39. The molecule has 1 aromatic carbocycles. The van der Waals surface area contributed by atoms with Crippen LogP contribution in [-0.4, -0.2) is 46.9 Å². The Hall–Kier alpha value is -1.79. The summed E-state index contributed by atoms with van der Waals surface area (Å²) in [4.78, 5) is 13.6. The van der Waals surface area contributed by atoms with Crippen LogP contribution in [-0.2, 0) is 16.1 Å². The van der Waals surface area contributed by atoms with E-state index >= 15 is 0 Å². The van der Waals surface area contributed by atoms with Crippen LogP contribution in [0, 0.1) is 0 Å². The lowest BCUT2D eigenvalue weighted by molar-refractivity contribution is -0.119. The van der Waals surface area contributed by atoms with Gasteiger partial charge < -0.3 is 25.4 Å². The Morgan fingerprint density at radius 1 is 1.40 bits per heavy atom. The Morgan fingerprint density at radius 2 is 2.15 bits per heavy atom. The molecule has 0 aliphatic heterocycles. The van der Waals surface area contributed by atoms with Crippen LogP contribution in [0.15, 0.2) is 18.2 Å². The number of carbonyl (C=O) groups excluding carboxylic acids is 1. The van der Waals surface area contributed by atoms with E-state index in [-0.39, 0.29) is 12.5 Å². The van der Waals surface area contributed by atoms with Gasteiger partial charge in [0, 0.05) is 39.0 Å². The number of carbonyl (C=O) groups is 1. The number of benzene rings is 1. The van der Waals surface area contributed by atoms with Gasteiger partial charge >= 0.3 is 0 Å². The van der Waals surface area contributed by atoms with Crippen molar-refractivity contribution in [2.45, 2.75) is 6.54 Å². The summed E-state index contributed by atoms with van der Waals surface area (Å²) in [6, 6.07) is 5.65. The molecule has 3 N–H and O–H groups in total. The zero-order chi connectivity index (χ0) is 15.0. The van der Waals surface area contributed by atoms with Crippen LogP contribution in [0.25, 0.3) is 0 Å². The highest BCUT2D eigenvalue weighted by Crippen LogP contribution is 2.24. The van der Waals surface area contributed by atoms with Gasteiger partial charge in [0.1, 0.15) is 5.75 Å². The molecule has 1 rings (SSSR count). The quantitative estimate of drug-likeness (QED) is 0.673. The maximum atomic E-state index is 11.8. The molecule has 0 aliphatic carbocycles. The van der Waals surface area contributed by atoms with Gasteiger partial charge in [0.05, 0.1) is 20.3 Å². The topological polar surface area (TPSA) is 76.8 Å². The largest absolute Gasteiger partial charge is 0.497 e. The molecule has 1 amide bonds. The minimum atomic E-state index is -0.0599. The van der Waals surface area contributed by atoms with Gasteiger partial charge in [0.25, 0.3) is 0 Å². The van der Waals surface area contributed by atoms with Crippen molar-refractivity contribution in [2.75, 3.05) is 45.9 Å². The van der Waals surface area contributed by atoms with Gasteiger partial charge in [-0.1, -0.05) is 6.07 Å². The third kappa shape index (κ3) is 4.71. The SMILES string of the molecule is COCCNC(=O)CN(C)c1cc(OC)ccc1CN. The lowest BCUT2D eigenvalue weighted by Gasteiger charge is -2.22. The van der Waals surface area contributed by atoms with Crippen molar-refractivity contribution in [3.63, 3.8) is 0 Å². The van der Waals surface area contributed by atoms with E-state index in [1.807, 2.05) is 30.1 Å². The summed E-state index contributed by atoms with van der Waals surface area (Å²) >= 11 is 0. The number of ether oxygens (including phenoxy) is 2.